The zero-order valence-corrected chi connectivity index (χ0v) is 18.5. The van der Waals surface area contributed by atoms with Gasteiger partial charge in [-0.1, -0.05) is 30.3 Å². The van der Waals surface area contributed by atoms with Gasteiger partial charge in [-0.15, -0.1) is 0 Å². The van der Waals surface area contributed by atoms with Gasteiger partial charge in [0.05, 0.1) is 4.90 Å². The first-order chi connectivity index (χ1) is 14.4. The number of carbonyl (C=O) groups is 1. The Morgan fingerprint density at radius 3 is 2.37 bits per heavy atom. The molecule has 0 spiro atoms. The number of nitrogens with zero attached hydrogens (tertiary/aromatic N) is 3. The van der Waals surface area contributed by atoms with Gasteiger partial charge < -0.3 is 9.80 Å². The van der Waals surface area contributed by atoms with Crippen LogP contribution in [-0.2, 0) is 14.8 Å². The van der Waals surface area contributed by atoms with Gasteiger partial charge in [-0.2, -0.15) is 4.31 Å². The van der Waals surface area contributed by atoms with E-state index in [0.717, 1.165) is 37.0 Å². The van der Waals surface area contributed by atoms with E-state index in [9.17, 15) is 13.2 Å². The number of benzene rings is 2. The number of rotatable bonds is 6. The summed E-state index contributed by atoms with van der Waals surface area (Å²) in [6.45, 7) is 4.73. The highest BCUT2D eigenvalue weighted by atomic mass is 32.2. The molecule has 0 unspecified atom stereocenters. The van der Waals surface area contributed by atoms with Crippen LogP contribution in [0.15, 0.2) is 47.4 Å². The Kier molecular flexibility index (Phi) is 6.41. The van der Waals surface area contributed by atoms with Crippen molar-refractivity contribution in [2.24, 2.45) is 5.92 Å². The summed E-state index contributed by atoms with van der Waals surface area (Å²) in [5.74, 6) is 0.0635. The summed E-state index contributed by atoms with van der Waals surface area (Å²) in [5, 5.41) is 1.95. The van der Waals surface area contributed by atoms with E-state index in [4.69, 9.17) is 0 Å². The van der Waals surface area contributed by atoms with Crippen molar-refractivity contribution in [2.45, 2.75) is 30.6 Å². The van der Waals surface area contributed by atoms with Crippen molar-refractivity contribution in [1.82, 2.24) is 14.1 Å². The lowest BCUT2D eigenvalue weighted by atomic mass is 9.97. The van der Waals surface area contributed by atoms with Crippen LogP contribution in [0.25, 0.3) is 10.8 Å². The lowest BCUT2D eigenvalue weighted by Crippen LogP contribution is -2.44. The van der Waals surface area contributed by atoms with Crippen LogP contribution in [0.3, 0.4) is 0 Å². The van der Waals surface area contributed by atoms with E-state index in [2.05, 4.69) is 4.90 Å². The molecule has 0 N–H and O–H groups in total. The van der Waals surface area contributed by atoms with Crippen molar-refractivity contribution in [3.8, 4) is 0 Å². The standard InChI is InChI=1S/C23H31N3O3S/c1-24(16-17-25-12-4-5-13-25)23(27)20-10-14-26(15-11-20)30(28,29)22-9-8-19-6-2-3-7-21(19)18-22/h2-3,6-9,18,20H,4-5,10-17H2,1H3. The molecule has 0 atom stereocenters. The van der Waals surface area contributed by atoms with E-state index >= 15 is 0 Å². The van der Waals surface area contributed by atoms with Crippen LogP contribution in [0.4, 0.5) is 0 Å². The average molecular weight is 430 g/mol. The molecule has 1 amide bonds. The minimum absolute atomic E-state index is 0.0865. The average Bonchev–Trinajstić information content (AvgIpc) is 3.30. The number of carbonyl (C=O) groups excluding carboxylic acids is 1. The summed E-state index contributed by atoms with van der Waals surface area (Å²) in [6.07, 6.45) is 3.67. The Hall–Kier alpha value is -1.96. The molecule has 2 aliphatic rings. The zero-order valence-electron chi connectivity index (χ0n) is 17.7. The number of hydrogen-bond donors (Lipinski definition) is 0. The molecule has 0 aromatic heterocycles. The topological polar surface area (TPSA) is 60.9 Å². The smallest absolute Gasteiger partial charge is 0.243 e. The van der Waals surface area contributed by atoms with Gasteiger partial charge in [0.15, 0.2) is 0 Å². The molecule has 2 aliphatic heterocycles. The second-order valence-electron chi connectivity index (χ2n) is 8.50. The summed E-state index contributed by atoms with van der Waals surface area (Å²) < 4.78 is 27.8. The van der Waals surface area contributed by atoms with Crippen LogP contribution in [0, 0.1) is 5.92 Å². The lowest BCUT2D eigenvalue weighted by Gasteiger charge is -2.33. The second-order valence-corrected chi connectivity index (χ2v) is 10.4. The van der Waals surface area contributed by atoms with Crippen molar-refractivity contribution in [3.05, 3.63) is 42.5 Å². The van der Waals surface area contributed by atoms with Crippen molar-refractivity contribution < 1.29 is 13.2 Å². The third-order valence-electron chi connectivity index (χ3n) is 6.49. The largest absolute Gasteiger partial charge is 0.344 e. The number of piperidine rings is 1. The number of fused-ring (bicyclic) bond motifs is 1. The van der Waals surface area contributed by atoms with Crippen LogP contribution in [0.2, 0.25) is 0 Å². The van der Waals surface area contributed by atoms with Gasteiger partial charge in [0.1, 0.15) is 0 Å². The maximum Gasteiger partial charge on any atom is 0.243 e. The third kappa shape index (κ3) is 4.53. The van der Waals surface area contributed by atoms with Gasteiger partial charge in [-0.3, -0.25) is 4.79 Å². The monoisotopic (exact) mass is 429 g/mol. The highest BCUT2D eigenvalue weighted by Gasteiger charge is 2.33. The molecule has 7 heteroatoms. The molecule has 2 saturated heterocycles. The maximum absolute atomic E-state index is 13.1. The van der Waals surface area contributed by atoms with Crippen molar-refractivity contribution >= 4 is 26.7 Å². The summed E-state index contributed by atoms with van der Waals surface area (Å²) in [5.41, 5.74) is 0. The van der Waals surface area contributed by atoms with Gasteiger partial charge >= 0.3 is 0 Å². The highest BCUT2D eigenvalue weighted by molar-refractivity contribution is 7.89. The van der Waals surface area contributed by atoms with E-state index in [1.807, 2.05) is 42.3 Å². The maximum atomic E-state index is 13.1. The Labute approximate surface area is 179 Å². The Bertz CT molecular complexity index is 994. The predicted octanol–water partition coefficient (Wildman–Crippen LogP) is 2.79. The molecule has 2 fully saturated rings. The highest BCUT2D eigenvalue weighted by Crippen LogP contribution is 2.27. The van der Waals surface area contributed by atoms with E-state index in [0.29, 0.717) is 30.8 Å². The number of hydrogen-bond acceptors (Lipinski definition) is 4. The zero-order chi connectivity index (χ0) is 21.1. The van der Waals surface area contributed by atoms with Gasteiger partial charge in [0.2, 0.25) is 15.9 Å². The Morgan fingerprint density at radius 1 is 1.00 bits per heavy atom. The number of likely N-dealkylation sites (N-methyl/N-ethyl adjacent to an activating group) is 1. The third-order valence-corrected chi connectivity index (χ3v) is 8.38. The van der Waals surface area contributed by atoms with E-state index in [1.54, 1.807) is 12.1 Å². The summed E-state index contributed by atoms with van der Waals surface area (Å²) >= 11 is 0. The molecule has 2 aromatic rings. The van der Waals surface area contributed by atoms with Crippen molar-refractivity contribution in [2.75, 3.05) is 46.3 Å². The lowest BCUT2D eigenvalue weighted by molar-refractivity contribution is -0.135. The molecule has 4 rings (SSSR count). The van der Waals surface area contributed by atoms with Gasteiger partial charge in [0, 0.05) is 39.1 Å². The molecule has 0 aliphatic carbocycles. The van der Waals surface area contributed by atoms with Crippen LogP contribution in [0.1, 0.15) is 25.7 Å². The molecular formula is C23H31N3O3S. The van der Waals surface area contributed by atoms with Crippen LogP contribution >= 0.6 is 0 Å². The van der Waals surface area contributed by atoms with E-state index in [1.165, 1.54) is 17.1 Å². The first-order valence-electron chi connectivity index (χ1n) is 10.9. The fraction of sp³-hybridized carbons (Fsp3) is 0.522. The minimum Gasteiger partial charge on any atom is -0.344 e. The molecular weight excluding hydrogens is 398 g/mol. The molecule has 2 aromatic carbocycles. The Balaban J connectivity index is 1.35. The number of sulfonamides is 1. The van der Waals surface area contributed by atoms with Gasteiger partial charge in [-0.25, -0.2) is 8.42 Å². The van der Waals surface area contributed by atoms with Crippen LogP contribution < -0.4 is 0 Å². The second kappa shape index (κ2) is 9.04. The predicted molar refractivity (Wildman–Crippen MR) is 119 cm³/mol. The first-order valence-corrected chi connectivity index (χ1v) is 12.4. The van der Waals surface area contributed by atoms with Crippen molar-refractivity contribution in [3.63, 3.8) is 0 Å². The van der Waals surface area contributed by atoms with Crippen LogP contribution in [0.5, 0.6) is 0 Å². The van der Waals surface area contributed by atoms with E-state index in [-0.39, 0.29) is 11.8 Å². The summed E-state index contributed by atoms with van der Waals surface area (Å²) in [7, 11) is -1.67. The molecule has 0 radical (unpaired) electrons. The fourth-order valence-electron chi connectivity index (χ4n) is 4.54. The molecule has 30 heavy (non-hydrogen) atoms. The molecule has 0 saturated carbocycles. The summed E-state index contributed by atoms with van der Waals surface area (Å²) in [4.78, 5) is 17.4. The van der Waals surface area contributed by atoms with Gasteiger partial charge in [0.25, 0.3) is 0 Å². The molecule has 0 bridgehead atoms. The molecule has 2 heterocycles. The molecule has 162 valence electrons. The first kappa shape index (κ1) is 21.3. The molecule has 6 nitrogen and oxygen atoms in total. The van der Waals surface area contributed by atoms with Crippen molar-refractivity contribution in [1.29, 1.82) is 0 Å². The quantitative estimate of drug-likeness (QED) is 0.709. The number of likely N-dealkylation sites (tertiary alicyclic amines) is 1. The summed E-state index contributed by atoms with van der Waals surface area (Å²) in [6, 6.07) is 13.0. The number of amides is 1. The van der Waals surface area contributed by atoms with Gasteiger partial charge in [-0.05, 0) is 61.7 Å². The SMILES string of the molecule is CN(CCN1CCCC1)C(=O)C1CCN(S(=O)(=O)c2ccc3ccccc3c2)CC1. The fourth-order valence-corrected chi connectivity index (χ4v) is 6.05. The van der Waals surface area contributed by atoms with Crippen LogP contribution in [-0.4, -0.2) is 74.7 Å². The minimum atomic E-state index is -3.54. The Morgan fingerprint density at radius 2 is 1.67 bits per heavy atom. The normalized spacial score (nSPS) is 19.4. The van der Waals surface area contributed by atoms with E-state index < -0.39 is 10.0 Å².